The number of aliphatic carboxylic acids is 1. The summed E-state index contributed by atoms with van der Waals surface area (Å²) in [6.07, 6.45) is 0. The molecule has 0 aromatic heterocycles. The lowest BCUT2D eigenvalue weighted by Crippen LogP contribution is -2.20. The Labute approximate surface area is 54.6 Å². The van der Waals surface area contributed by atoms with Gasteiger partial charge in [-0.25, -0.2) is 0 Å². The molecule has 0 rings (SSSR count). The van der Waals surface area contributed by atoms with Crippen molar-refractivity contribution in [3.8, 4) is 0 Å². The van der Waals surface area contributed by atoms with E-state index in [4.69, 9.17) is 14.7 Å². The lowest BCUT2D eigenvalue weighted by molar-refractivity contribution is -0.140. The van der Waals surface area contributed by atoms with E-state index in [0.717, 1.165) is 0 Å². The van der Waals surface area contributed by atoms with Crippen molar-refractivity contribution in [1.29, 1.82) is 0 Å². The largest absolute Gasteiger partial charge is 0.481 e. The smallest absolute Gasteiger partial charge is 0.316 e. The molecule has 9 heavy (non-hydrogen) atoms. The molecular weight excluding hydrogens is 140 g/mol. The third kappa shape index (κ3) is 4.13. The predicted molar refractivity (Wildman–Crippen MR) is 33.2 cm³/mol. The van der Waals surface area contributed by atoms with Gasteiger partial charge in [0.2, 0.25) is 0 Å². The fraction of sp³-hybridized carbons (Fsp3) is 0.750. The lowest BCUT2D eigenvalue weighted by atomic mass is 10.2. The second-order valence-corrected chi connectivity index (χ2v) is 3.39. The highest BCUT2D eigenvalue weighted by molar-refractivity contribution is 6.41. The van der Waals surface area contributed by atoms with Crippen LogP contribution >= 0.6 is 0 Å². The highest BCUT2D eigenvalue weighted by Crippen LogP contribution is 2.02. The third-order valence-electron chi connectivity index (χ3n) is 0.986. The Morgan fingerprint density at radius 1 is 1.67 bits per heavy atom. The van der Waals surface area contributed by atoms with Crippen molar-refractivity contribution in [2.24, 2.45) is 5.92 Å². The molecule has 3 N–H and O–H groups in total. The van der Waals surface area contributed by atoms with Gasteiger partial charge >= 0.3 is 15.3 Å². The monoisotopic (exact) mass is 150 g/mol. The Balaban J connectivity index is 3.50. The third-order valence-corrected chi connectivity index (χ3v) is 2.11. The summed E-state index contributed by atoms with van der Waals surface area (Å²) in [5.41, 5.74) is 0. The highest BCUT2D eigenvalue weighted by atomic mass is 28.3. The van der Waals surface area contributed by atoms with Crippen molar-refractivity contribution < 1.29 is 19.5 Å². The molecule has 0 aliphatic rings. The number of carboxylic acid groups (broad SMARTS) is 1. The minimum atomic E-state index is -2.67. The van der Waals surface area contributed by atoms with Crippen molar-refractivity contribution >= 4 is 15.3 Å². The Bertz CT molecular complexity index is 103. The van der Waals surface area contributed by atoms with Crippen LogP contribution in [0.1, 0.15) is 6.92 Å². The summed E-state index contributed by atoms with van der Waals surface area (Å²) >= 11 is 0. The molecule has 0 saturated heterocycles. The van der Waals surface area contributed by atoms with Gasteiger partial charge in [0.15, 0.2) is 0 Å². The summed E-state index contributed by atoms with van der Waals surface area (Å²) in [4.78, 5) is 26.8. The SMILES string of the molecule is CC(C[SiH](O)O)C(=O)O. The molecule has 0 spiro atoms. The maximum Gasteiger partial charge on any atom is 0.316 e. The molecule has 0 bridgehead atoms. The van der Waals surface area contributed by atoms with Crippen LogP contribution in [-0.4, -0.2) is 30.0 Å². The van der Waals surface area contributed by atoms with Crippen LogP contribution in [0.5, 0.6) is 0 Å². The van der Waals surface area contributed by atoms with E-state index < -0.39 is 21.2 Å². The first-order valence-corrected chi connectivity index (χ1v) is 4.48. The number of rotatable bonds is 3. The molecule has 54 valence electrons. The maximum absolute atomic E-state index is 10.0. The topological polar surface area (TPSA) is 77.8 Å². The summed E-state index contributed by atoms with van der Waals surface area (Å²) in [6.45, 7) is 1.45. The van der Waals surface area contributed by atoms with E-state index in [-0.39, 0.29) is 6.04 Å². The molecule has 0 radical (unpaired) electrons. The van der Waals surface area contributed by atoms with Gasteiger partial charge in [0.25, 0.3) is 0 Å². The molecular formula is C4H10O4Si. The van der Waals surface area contributed by atoms with Crippen LogP contribution in [0.2, 0.25) is 6.04 Å². The van der Waals surface area contributed by atoms with Gasteiger partial charge in [-0.05, 0) is 0 Å². The van der Waals surface area contributed by atoms with Crippen LogP contribution in [0.15, 0.2) is 0 Å². The highest BCUT2D eigenvalue weighted by Gasteiger charge is 2.15. The second kappa shape index (κ2) is 3.60. The first-order chi connectivity index (χ1) is 4.04. The standard InChI is InChI=1S/C4H10O4Si/c1-3(4(5)6)2-9(7)8/h3,7-9H,2H2,1H3,(H,5,6). The molecule has 0 aromatic rings. The quantitative estimate of drug-likeness (QED) is 0.447. The minimum absolute atomic E-state index is 0.0231. The van der Waals surface area contributed by atoms with Crippen LogP contribution < -0.4 is 0 Å². The number of hydrogen-bond donors (Lipinski definition) is 3. The van der Waals surface area contributed by atoms with Crippen LogP contribution in [0.4, 0.5) is 0 Å². The molecule has 0 aliphatic heterocycles. The minimum Gasteiger partial charge on any atom is -0.481 e. The van der Waals surface area contributed by atoms with E-state index >= 15 is 0 Å². The van der Waals surface area contributed by atoms with Crippen LogP contribution in [0, 0.1) is 5.92 Å². The van der Waals surface area contributed by atoms with Crippen molar-refractivity contribution in [2.75, 3.05) is 0 Å². The molecule has 0 amide bonds. The van der Waals surface area contributed by atoms with E-state index in [9.17, 15) is 4.79 Å². The molecule has 0 aliphatic carbocycles. The predicted octanol–water partition coefficient (Wildman–Crippen LogP) is -1.09. The van der Waals surface area contributed by atoms with Gasteiger partial charge in [-0.15, -0.1) is 0 Å². The normalized spacial score (nSPS) is 13.8. The molecule has 4 nitrogen and oxygen atoms in total. The molecule has 0 heterocycles. The maximum atomic E-state index is 10.0. The van der Waals surface area contributed by atoms with Crippen LogP contribution in [-0.2, 0) is 4.79 Å². The van der Waals surface area contributed by atoms with Gasteiger partial charge < -0.3 is 14.7 Å². The molecule has 1 atom stereocenters. The van der Waals surface area contributed by atoms with Gasteiger partial charge in [0, 0.05) is 6.04 Å². The van der Waals surface area contributed by atoms with Gasteiger partial charge in [-0.2, -0.15) is 0 Å². The zero-order chi connectivity index (χ0) is 7.44. The van der Waals surface area contributed by atoms with E-state index in [0.29, 0.717) is 0 Å². The zero-order valence-corrected chi connectivity index (χ0v) is 6.27. The van der Waals surface area contributed by atoms with Crippen LogP contribution in [0.3, 0.4) is 0 Å². The van der Waals surface area contributed by atoms with Crippen LogP contribution in [0.25, 0.3) is 0 Å². The van der Waals surface area contributed by atoms with Crippen molar-refractivity contribution in [3.05, 3.63) is 0 Å². The van der Waals surface area contributed by atoms with Crippen molar-refractivity contribution in [1.82, 2.24) is 0 Å². The van der Waals surface area contributed by atoms with Gasteiger partial charge in [-0.1, -0.05) is 6.92 Å². The number of hydrogen-bond acceptors (Lipinski definition) is 3. The van der Waals surface area contributed by atoms with Gasteiger partial charge in [-0.3, -0.25) is 4.79 Å². The average Bonchev–Trinajstić information content (AvgIpc) is 1.63. The summed E-state index contributed by atoms with van der Waals surface area (Å²) in [5, 5.41) is 8.23. The number of carbonyl (C=O) groups is 1. The molecule has 5 heteroatoms. The second-order valence-electron chi connectivity index (χ2n) is 1.96. The fourth-order valence-electron chi connectivity index (χ4n) is 0.417. The van der Waals surface area contributed by atoms with Gasteiger partial charge in [0.1, 0.15) is 0 Å². The van der Waals surface area contributed by atoms with Gasteiger partial charge in [0.05, 0.1) is 5.92 Å². The zero-order valence-electron chi connectivity index (χ0n) is 5.11. The summed E-state index contributed by atoms with van der Waals surface area (Å²) in [6, 6.07) is 0.0231. The number of carboxylic acids is 1. The fourth-order valence-corrected chi connectivity index (χ4v) is 1.25. The van der Waals surface area contributed by atoms with Crippen molar-refractivity contribution in [2.45, 2.75) is 13.0 Å². The first kappa shape index (κ1) is 8.61. The van der Waals surface area contributed by atoms with E-state index in [1.807, 2.05) is 0 Å². The molecule has 0 aromatic carbocycles. The summed E-state index contributed by atoms with van der Waals surface area (Å²) in [7, 11) is -2.67. The Kier molecular flexibility index (Phi) is 3.44. The summed E-state index contributed by atoms with van der Waals surface area (Å²) in [5.74, 6) is -1.60. The first-order valence-electron chi connectivity index (χ1n) is 2.63. The lowest BCUT2D eigenvalue weighted by Gasteiger charge is -2.03. The molecule has 1 unspecified atom stereocenters. The van der Waals surface area contributed by atoms with E-state index in [1.54, 1.807) is 0 Å². The Morgan fingerprint density at radius 2 is 2.11 bits per heavy atom. The van der Waals surface area contributed by atoms with Crippen molar-refractivity contribution in [3.63, 3.8) is 0 Å². The molecule has 0 fully saturated rings. The average molecular weight is 150 g/mol. The van der Waals surface area contributed by atoms with E-state index in [1.165, 1.54) is 6.92 Å². The summed E-state index contributed by atoms with van der Waals surface area (Å²) < 4.78 is 0. The Hall–Kier alpha value is -0.393. The molecule has 0 saturated carbocycles. The van der Waals surface area contributed by atoms with E-state index in [2.05, 4.69) is 0 Å². The Morgan fingerprint density at radius 3 is 2.22 bits per heavy atom.